The van der Waals surface area contributed by atoms with Gasteiger partial charge in [0, 0.05) is 10.4 Å². The number of hydrogen-bond acceptors (Lipinski definition) is 5. The number of amides is 1. The standard InChI is InChI=1S/C20H17NO3S2.C3H8.2C2H6/c1-13-3-6-16(7-4-13)21-17-9-15(10-19(14(2)22)26-12-25)5-8-18(17)24-11-20(21)23;1-3-2;2*1-2/h3-10,12H,11H2,1-2H3;3H2,1-2H3;2*1-2H3/b19-10-;;;. The summed E-state index contributed by atoms with van der Waals surface area (Å²) in [4.78, 5) is 26.4. The van der Waals surface area contributed by atoms with Crippen LogP contribution in [0.3, 0.4) is 0 Å². The summed E-state index contributed by atoms with van der Waals surface area (Å²) >= 11 is 6.05. The number of carbonyl (C=O) groups excluding carboxylic acids is 2. The Kier molecular flexibility index (Phi) is 15.8. The maximum absolute atomic E-state index is 12.5. The minimum atomic E-state index is -0.137. The highest BCUT2D eigenvalue weighted by Gasteiger charge is 2.27. The second-order valence-electron chi connectivity index (χ2n) is 6.57. The molecule has 0 unspecified atom stereocenters. The third-order valence-electron chi connectivity index (χ3n) is 3.94. The van der Waals surface area contributed by atoms with Gasteiger partial charge in [0.15, 0.2) is 12.4 Å². The van der Waals surface area contributed by atoms with E-state index in [1.807, 2.05) is 77.1 Å². The molecule has 4 nitrogen and oxygen atoms in total. The summed E-state index contributed by atoms with van der Waals surface area (Å²) in [7, 11) is 0. The lowest BCUT2D eigenvalue weighted by molar-refractivity contribution is -0.120. The van der Waals surface area contributed by atoms with Gasteiger partial charge in [-0.15, -0.1) is 0 Å². The molecule has 0 saturated heterocycles. The van der Waals surface area contributed by atoms with Gasteiger partial charge in [0.25, 0.3) is 5.91 Å². The maximum atomic E-state index is 12.5. The number of rotatable bonds is 5. The molecule has 180 valence electrons. The molecule has 6 heteroatoms. The molecule has 0 atom stereocenters. The van der Waals surface area contributed by atoms with Crippen molar-refractivity contribution in [1.82, 2.24) is 0 Å². The Morgan fingerprint density at radius 1 is 1.09 bits per heavy atom. The number of ketones is 1. The second kappa shape index (κ2) is 17.1. The van der Waals surface area contributed by atoms with Crippen molar-refractivity contribution in [2.24, 2.45) is 0 Å². The Labute approximate surface area is 209 Å². The third-order valence-corrected chi connectivity index (χ3v) is 4.98. The van der Waals surface area contributed by atoms with Gasteiger partial charge in [-0.2, -0.15) is 0 Å². The van der Waals surface area contributed by atoms with Crippen molar-refractivity contribution >= 4 is 57.8 Å². The monoisotopic (exact) mass is 487 g/mol. The van der Waals surface area contributed by atoms with Crippen molar-refractivity contribution in [1.29, 1.82) is 0 Å². The molecule has 0 radical (unpaired) electrons. The third kappa shape index (κ3) is 9.52. The van der Waals surface area contributed by atoms with Gasteiger partial charge in [0.05, 0.1) is 10.6 Å². The first-order valence-corrected chi connectivity index (χ1v) is 12.8. The molecule has 1 amide bonds. The van der Waals surface area contributed by atoms with Crippen molar-refractivity contribution in [3.63, 3.8) is 0 Å². The van der Waals surface area contributed by atoms with Crippen LogP contribution in [0.1, 0.15) is 66.0 Å². The van der Waals surface area contributed by atoms with Gasteiger partial charge in [-0.25, -0.2) is 0 Å². The summed E-state index contributed by atoms with van der Waals surface area (Å²) in [5, 5.41) is 0. The number of carbonyl (C=O) groups is 2. The molecule has 33 heavy (non-hydrogen) atoms. The van der Waals surface area contributed by atoms with Crippen LogP contribution >= 0.6 is 24.0 Å². The Morgan fingerprint density at radius 3 is 2.18 bits per heavy atom. The number of aryl methyl sites for hydroxylation is 1. The van der Waals surface area contributed by atoms with E-state index in [1.165, 1.54) is 29.8 Å². The lowest BCUT2D eigenvalue weighted by Crippen LogP contribution is -2.35. The van der Waals surface area contributed by atoms with Crippen molar-refractivity contribution in [2.75, 3.05) is 11.5 Å². The van der Waals surface area contributed by atoms with Crippen molar-refractivity contribution < 1.29 is 14.3 Å². The lowest BCUT2D eigenvalue weighted by atomic mass is 10.1. The molecule has 1 heterocycles. The fourth-order valence-electron chi connectivity index (χ4n) is 2.66. The molecule has 0 aromatic heterocycles. The number of allylic oxidation sites excluding steroid dienone is 1. The molecule has 2 aromatic rings. The van der Waals surface area contributed by atoms with Crippen LogP contribution in [0.15, 0.2) is 47.4 Å². The molecule has 0 saturated carbocycles. The molecule has 0 fully saturated rings. The maximum Gasteiger partial charge on any atom is 0.269 e. The van der Waals surface area contributed by atoms with E-state index in [2.05, 4.69) is 13.8 Å². The van der Waals surface area contributed by atoms with Gasteiger partial charge in [0.1, 0.15) is 5.75 Å². The Morgan fingerprint density at radius 2 is 1.67 bits per heavy atom. The highest BCUT2D eigenvalue weighted by Crippen LogP contribution is 2.38. The zero-order chi connectivity index (χ0) is 25.4. The van der Waals surface area contributed by atoms with E-state index in [9.17, 15) is 9.59 Å². The van der Waals surface area contributed by atoms with Crippen LogP contribution in [-0.2, 0) is 9.59 Å². The molecular weight excluding hydrogens is 450 g/mol. The number of hydrogen-bond donors (Lipinski definition) is 0. The van der Waals surface area contributed by atoms with Crippen molar-refractivity contribution in [3.8, 4) is 5.75 Å². The fourth-order valence-corrected chi connectivity index (χ4v) is 3.44. The van der Waals surface area contributed by atoms with Crippen LogP contribution in [0.2, 0.25) is 0 Å². The van der Waals surface area contributed by atoms with Crippen molar-refractivity contribution in [2.45, 2.75) is 61.8 Å². The van der Waals surface area contributed by atoms with Crippen molar-refractivity contribution in [3.05, 3.63) is 58.5 Å². The fraction of sp³-hybridized carbons (Fsp3) is 0.370. The highest BCUT2D eigenvalue weighted by molar-refractivity contribution is 8.24. The van der Waals surface area contributed by atoms with E-state index in [-0.39, 0.29) is 18.3 Å². The topological polar surface area (TPSA) is 46.6 Å². The molecule has 1 aliphatic heterocycles. The van der Waals surface area contributed by atoms with Crippen LogP contribution < -0.4 is 9.64 Å². The van der Waals surface area contributed by atoms with E-state index in [1.54, 1.807) is 11.0 Å². The van der Waals surface area contributed by atoms with Crippen LogP contribution in [0.25, 0.3) is 6.08 Å². The largest absolute Gasteiger partial charge is 0.482 e. The number of anilines is 2. The van der Waals surface area contributed by atoms with Gasteiger partial charge in [-0.05, 0) is 49.8 Å². The van der Waals surface area contributed by atoms with Gasteiger partial charge in [0.2, 0.25) is 0 Å². The number of thiocarbonyl (C=S) groups is 1. The van der Waals surface area contributed by atoms with Crippen LogP contribution in [0.4, 0.5) is 11.4 Å². The first-order valence-electron chi connectivity index (χ1n) is 11.4. The number of nitrogens with zero attached hydrogens (tertiary/aromatic N) is 1. The minimum absolute atomic E-state index is 0.00444. The summed E-state index contributed by atoms with van der Waals surface area (Å²) in [6, 6.07) is 13.3. The Bertz CT molecular complexity index is 921. The minimum Gasteiger partial charge on any atom is -0.482 e. The summed E-state index contributed by atoms with van der Waals surface area (Å²) in [5.41, 5.74) is 3.36. The number of ether oxygens (including phenoxy) is 1. The van der Waals surface area contributed by atoms with Gasteiger partial charge in [-0.1, -0.05) is 95.7 Å². The Balaban J connectivity index is 0.00000132. The lowest BCUT2D eigenvalue weighted by Gasteiger charge is -2.29. The number of Topliss-reactive ketones (excluding diaryl/α,β-unsaturated/α-hetero) is 1. The predicted molar refractivity (Wildman–Crippen MR) is 149 cm³/mol. The number of fused-ring (bicyclic) bond motifs is 1. The SMILES string of the molecule is CC.CC.CC(=O)/C(=C/c1ccc2c(c1)N(c1ccc(C)cc1)C(=O)CO2)SC=S.CCC. The van der Waals surface area contributed by atoms with Crippen LogP contribution in [-0.4, -0.2) is 23.0 Å². The second-order valence-corrected chi connectivity index (χ2v) is 8.01. The predicted octanol–water partition coefficient (Wildman–Crippen LogP) is 8.14. The molecule has 0 spiro atoms. The molecule has 2 aromatic carbocycles. The van der Waals surface area contributed by atoms with Crippen LogP contribution in [0, 0.1) is 6.92 Å². The Hall–Kier alpha value is -2.44. The van der Waals surface area contributed by atoms with E-state index < -0.39 is 0 Å². The molecule has 0 bridgehead atoms. The van der Waals surface area contributed by atoms with Gasteiger partial charge in [-0.3, -0.25) is 14.5 Å². The van der Waals surface area contributed by atoms with Gasteiger partial charge < -0.3 is 4.74 Å². The quantitative estimate of drug-likeness (QED) is 0.315. The van der Waals surface area contributed by atoms with E-state index >= 15 is 0 Å². The van der Waals surface area contributed by atoms with E-state index in [0.29, 0.717) is 16.3 Å². The average Bonchev–Trinajstić information content (AvgIpc) is 2.82. The first kappa shape index (κ1) is 30.6. The molecule has 0 N–H and O–H groups in total. The summed E-state index contributed by atoms with van der Waals surface area (Å²) in [6.45, 7) is 15.7. The summed E-state index contributed by atoms with van der Waals surface area (Å²) < 4.78 is 7.01. The summed E-state index contributed by atoms with van der Waals surface area (Å²) in [5.74, 6) is 0.438. The van der Waals surface area contributed by atoms with E-state index in [0.717, 1.165) is 16.8 Å². The zero-order valence-electron chi connectivity index (χ0n) is 21.1. The normalized spacial score (nSPS) is 11.8. The zero-order valence-corrected chi connectivity index (χ0v) is 22.7. The molecule has 3 rings (SSSR count). The molecule has 0 aliphatic carbocycles. The first-order chi connectivity index (χ1) is 15.9. The summed E-state index contributed by atoms with van der Waals surface area (Å²) in [6.07, 6.45) is 3.02. The van der Waals surface area contributed by atoms with Gasteiger partial charge >= 0.3 is 0 Å². The number of benzene rings is 2. The smallest absolute Gasteiger partial charge is 0.269 e. The molecular formula is C27H37NO3S2. The van der Waals surface area contributed by atoms with Crippen LogP contribution in [0.5, 0.6) is 5.75 Å². The molecule has 1 aliphatic rings. The van der Waals surface area contributed by atoms with E-state index in [4.69, 9.17) is 17.0 Å². The number of thioether (sulfide) groups is 1. The average molecular weight is 488 g/mol. The highest BCUT2D eigenvalue weighted by atomic mass is 32.2.